The molecule has 1 amide bonds. The van der Waals surface area contributed by atoms with Gasteiger partial charge in [-0.05, 0) is 24.0 Å². The molecule has 0 saturated heterocycles. The van der Waals surface area contributed by atoms with Gasteiger partial charge < -0.3 is 15.5 Å². The Morgan fingerprint density at radius 1 is 1.27 bits per heavy atom. The van der Waals surface area contributed by atoms with E-state index in [9.17, 15) is 19.8 Å². The summed E-state index contributed by atoms with van der Waals surface area (Å²) >= 11 is 0. The monoisotopic (exact) mass is 361 g/mol. The van der Waals surface area contributed by atoms with Crippen LogP contribution in [0.2, 0.25) is 0 Å². The summed E-state index contributed by atoms with van der Waals surface area (Å²) in [7, 11) is 0. The second kappa shape index (κ2) is 7.78. The van der Waals surface area contributed by atoms with Gasteiger partial charge in [-0.15, -0.1) is 0 Å². The number of carbonyl (C=O) groups is 1. The Labute approximate surface area is 152 Å². The normalized spacial score (nSPS) is 12.9. The Balaban J connectivity index is 2.45. The molecule has 0 aliphatic heterocycles. The van der Waals surface area contributed by atoms with Crippen molar-refractivity contribution in [3.8, 4) is 0 Å². The highest BCUT2D eigenvalue weighted by molar-refractivity contribution is 5.89. The van der Waals surface area contributed by atoms with Crippen LogP contribution in [-0.2, 0) is 6.54 Å². The first-order valence-corrected chi connectivity index (χ1v) is 8.65. The lowest BCUT2D eigenvalue weighted by atomic mass is 9.85. The number of nitrogens with one attached hydrogen (secondary N) is 1. The molecule has 0 bridgehead atoms. The summed E-state index contributed by atoms with van der Waals surface area (Å²) < 4.78 is 2.56. The highest BCUT2D eigenvalue weighted by atomic mass is 16.3. The van der Waals surface area contributed by atoms with Crippen molar-refractivity contribution in [3.05, 3.63) is 47.1 Å². The predicted molar refractivity (Wildman–Crippen MR) is 101 cm³/mol. The van der Waals surface area contributed by atoms with E-state index in [1.165, 1.54) is 4.57 Å². The van der Waals surface area contributed by atoms with E-state index in [4.69, 9.17) is 0 Å². The number of amides is 1. The third-order valence-electron chi connectivity index (χ3n) is 4.42. The first-order valence-electron chi connectivity index (χ1n) is 8.65. The quantitative estimate of drug-likeness (QED) is 0.689. The molecule has 0 aliphatic carbocycles. The van der Waals surface area contributed by atoms with Crippen LogP contribution in [0.3, 0.4) is 0 Å². The topological polar surface area (TPSA) is 96.5 Å². The number of aliphatic hydroxyl groups is 2. The summed E-state index contributed by atoms with van der Waals surface area (Å²) in [6.07, 6.45) is 0.623. The second-order valence-corrected chi connectivity index (χ2v) is 7.45. The van der Waals surface area contributed by atoms with Crippen LogP contribution in [0.25, 0.3) is 11.0 Å². The van der Waals surface area contributed by atoms with Crippen LogP contribution >= 0.6 is 0 Å². The van der Waals surface area contributed by atoms with Crippen molar-refractivity contribution in [1.29, 1.82) is 0 Å². The number of allylic oxidation sites excluding steroid dienone is 1. The van der Waals surface area contributed by atoms with Crippen molar-refractivity contribution in [2.24, 2.45) is 5.41 Å². The summed E-state index contributed by atoms with van der Waals surface area (Å²) in [6.45, 7) is 9.51. The average molecular weight is 361 g/mol. The molecule has 0 saturated carbocycles. The fraction of sp³-hybridized carbons (Fsp3) is 0.474. The van der Waals surface area contributed by atoms with Crippen LogP contribution in [0.5, 0.6) is 0 Å². The zero-order chi connectivity index (χ0) is 19.5. The second-order valence-electron chi connectivity index (χ2n) is 7.45. The summed E-state index contributed by atoms with van der Waals surface area (Å²) in [4.78, 5) is 25.7. The molecule has 1 aromatic carbocycles. The molecule has 0 aliphatic rings. The van der Waals surface area contributed by atoms with Gasteiger partial charge >= 0.3 is 11.7 Å². The number of imidazole rings is 1. The Hall–Kier alpha value is -2.54. The summed E-state index contributed by atoms with van der Waals surface area (Å²) in [5, 5.41) is 21.5. The molecule has 0 fully saturated rings. The zero-order valence-electron chi connectivity index (χ0n) is 15.5. The van der Waals surface area contributed by atoms with Gasteiger partial charge in [-0.25, -0.2) is 14.2 Å². The molecule has 2 aromatic rings. The molecule has 3 N–H and O–H groups in total. The van der Waals surface area contributed by atoms with E-state index in [0.29, 0.717) is 17.5 Å². The van der Waals surface area contributed by atoms with Gasteiger partial charge in [-0.2, -0.15) is 0 Å². The molecule has 7 heteroatoms. The van der Waals surface area contributed by atoms with Gasteiger partial charge in [-0.1, -0.05) is 39.5 Å². The van der Waals surface area contributed by atoms with E-state index in [1.807, 2.05) is 20.8 Å². The van der Waals surface area contributed by atoms with E-state index in [2.05, 4.69) is 11.9 Å². The van der Waals surface area contributed by atoms with Gasteiger partial charge in [0, 0.05) is 25.6 Å². The number of carbonyl (C=O) groups excluding carboxylic acids is 1. The average Bonchev–Trinajstić information content (AvgIpc) is 2.83. The van der Waals surface area contributed by atoms with Crippen LogP contribution in [0.4, 0.5) is 4.79 Å². The summed E-state index contributed by atoms with van der Waals surface area (Å²) in [5.74, 6) is -0.0195. The van der Waals surface area contributed by atoms with Crippen molar-refractivity contribution in [2.75, 3.05) is 6.61 Å². The lowest BCUT2D eigenvalue weighted by Crippen LogP contribution is -2.48. The van der Waals surface area contributed by atoms with Gasteiger partial charge in [0.25, 0.3) is 0 Å². The van der Waals surface area contributed by atoms with E-state index in [1.54, 1.807) is 24.3 Å². The van der Waals surface area contributed by atoms with E-state index >= 15 is 0 Å². The number of aryl methyl sites for hydroxylation is 1. The lowest BCUT2D eigenvalue weighted by molar-refractivity contribution is 0.190. The maximum atomic E-state index is 12.9. The molecule has 1 aromatic heterocycles. The van der Waals surface area contributed by atoms with Crippen LogP contribution in [0.15, 0.2) is 41.4 Å². The van der Waals surface area contributed by atoms with E-state index in [-0.39, 0.29) is 36.8 Å². The third-order valence-corrected chi connectivity index (χ3v) is 4.42. The molecule has 0 spiro atoms. The number of rotatable bonds is 6. The molecule has 0 unspecified atom stereocenters. The van der Waals surface area contributed by atoms with Crippen molar-refractivity contribution >= 4 is 17.1 Å². The number of hydrogen-bond donors (Lipinski definition) is 3. The van der Waals surface area contributed by atoms with Gasteiger partial charge in [0.2, 0.25) is 0 Å². The Kier molecular flexibility index (Phi) is 5.92. The van der Waals surface area contributed by atoms with Crippen molar-refractivity contribution in [3.63, 3.8) is 0 Å². The fourth-order valence-corrected chi connectivity index (χ4v) is 2.93. The van der Waals surface area contributed by atoms with Crippen LogP contribution in [0.1, 0.15) is 33.6 Å². The first kappa shape index (κ1) is 19.8. The molecule has 0 radical (unpaired) electrons. The molecular weight excluding hydrogens is 334 g/mol. The number of para-hydroxylation sites is 2. The Morgan fingerprint density at radius 3 is 2.42 bits per heavy atom. The first-order chi connectivity index (χ1) is 12.2. The predicted octanol–water partition coefficient (Wildman–Crippen LogP) is 2.62. The fourth-order valence-electron chi connectivity index (χ4n) is 2.93. The highest BCUT2D eigenvalue weighted by Gasteiger charge is 2.28. The van der Waals surface area contributed by atoms with Gasteiger partial charge in [0.05, 0.1) is 16.8 Å². The smallest absolute Gasteiger partial charge is 0.337 e. The number of nitrogens with zero attached hydrogens (tertiary/aromatic N) is 2. The Bertz CT molecular complexity index is 858. The molecule has 1 atom stereocenters. The molecule has 26 heavy (non-hydrogen) atoms. The number of hydrogen-bond acceptors (Lipinski definition) is 4. The molecule has 2 rings (SSSR count). The summed E-state index contributed by atoms with van der Waals surface area (Å²) in [6, 6.07) is 6.20. The van der Waals surface area contributed by atoms with Gasteiger partial charge in [0.1, 0.15) is 0 Å². The third kappa shape index (κ3) is 4.16. The van der Waals surface area contributed by atoms with Gasteiger partial charge in [-0.3, -0.25) is 4.57 Å². The van der Waals surface area contributed by atoms with Crippen molar-refractivity contribution in [2.45, 2.75) is 46.2 Å². The van der Waals surface area contributed by atoms with Crippen LogP contribution in [-0.4, -0.2) is 38.0 Å². The SMILES string of the molecule is C=C(O)CCn1c(=O)n(C(=O)N[C@H](CCO)C(C)(C)C)c2ccccc21. The maximum absolute atomic E-state index is 12.9. The zero-order valence-corrected chi connectivity index (χ0v) is 15.5. The number of fused-ring (bicyclic) bond motifs is 1. The minimum absolute atomic E-state index is 0.0195. The van der Waals surface area contributed by atoms with E-state index in [0.717, 1.165) is 4.57 Å². The minimum Gasteiger partial charge on any atom is -0.513 e. The van der Waals surface area contributed by atoms with Crippen LogP contribution < -0.4 is 11.0 Å². The van der Waals surface area contributed by atoms with Crippen molar-refractivity contribution in [1.82, 2.24) is 14.5 Å². The van der Waals surface area contributed by atoms with Crippen LogP contribution in [0, 0.1) is 5.41 Å². The highest BCUT2D eigenvalue weighted by Crippen LogP contribution is 2.22. The molecular formula is C19H27N3O4. The summed E-state index contributed by atoms with van der Waals surface area (Å²) in [5.41, 5.74) is 0.370. The number of aliphatic hydroxyl groups excluding tert-OH is 2. The maximum Gasteiger partial charge on any atom is 0.337 e. The van der Waals surface area contributed by atoms with Crippen molar-refractivity contribution < 1.29 is 15.0 Å². The molecule has 142 valence electrons. The lowest BCUT2D eigenvalue weighted by Gasteiger charge is -2.31. The number of aromatic nitrogens is 2. The standard InChI is InChI=1S/C19H27N3O4/c1-13(24)9-11-21-14-7-5-6-8-15(14)22(18(21)26)17(25)20-16(10-12-23)19(2,3)4/h5-8,16,23-24H,1,9-12H2,2-4H3,(H,20,25)/t16-/m1/s1. The van der Waals surface area contributed by atoms with E-state index < -0.39 is 11.7 Å². The Morgan fingerprint density at radius 2 is 1.88 bits per heavy atom. The largest absolute Gasteiger partial charge is 0.513 e. The molecule has 1 heterocycles. The molecule has 7 nitrogen and oxygen atoms in total. The minimum atomic E-state index is -0.527. The van der Waals surface area contributed by atoms with Gasteiger partial charge in [0.15, 0.2) is 0 Å². The number of benzene rings is 1.